The summed E-state index contributed by atoms with van der Waals surface area (Å²) in [7, 11) is 0. The van der Waals surface area contributed by atoms with E-state index in [-0.39, 0.29) is 0 Å². The van der Waals surface area contributed by atoms with Crippen LogP contribution in [0.1, 0.15) is 71.6 Å². The topological polar surface area (TPSA) is 24.5 Å². The summed E-state index contributed by atoms with van der Waals surface area (Å²) in [5.74, 6) is 0. The van der Waals surface area contributed by atoms with E-state index in [2.05, 4.69) is 24.1 Å². The van der Waals surface area contributed by atoms with Crippen LogP contribution in [0.25, 0.3) is 0 Å². The number of nitrogens with zero attached hydrogens (tertiary/aromatic N) is 1. The molecule has 0 saturated carbocycles. The van der Waals surface area contributed by atoms with Gasteiger partial charge in [-0.15, -0.1) is 0 Å². The Balaban J connectivity index is 1.74. The van der Waals surface area contributed by atoms with Gasteiger partial charge in [0.2, 0.25) is 0 Å². The Bertz CT molecular complexity index is 272. The summed E-state index contributed by atoms with van der Waals surface area (Å²) >= 11 is 0. The summed E-state index contributed by atoms with van der Waals surface area (Å²) in [6, 6.07) is 1.28. The van der Waals surface area contributed by atoms with E-state index >= 15 is 0 Å². The Morgan fingerprint density at radius 2 is 2.00 bits per heavy atom. The van der Waals surface area contributed by atoms with Crippen LogP contribution in [0.2, 0.25) is 0 Å². The molecule has 2 fully saturated rings. The Kier molecular flexibility index (Phi) is 8.05. The zero-order valence-corrected chi connectivity index (χ0v) is 14.3. The van der Waals surface area contributed by atoms with Gasteiger partial charge in [0.25, 0.3) is 0 Å². The molecule has 0 aliphatic carbocycles. The Labute approximate surface area is 131 Å². The van der Waals surface area contributed by atoms with Crippen LogP contribution in [-0.4, -0.2) is 49.3 Å². The van der Waals surface area contributed by atoms with Gasteiger partial charge in [-0.3, -0.25) is 4.90 Å². The van der Waals surface area contributed by atoms with Crippen LogP contribution < -0.4 is 5.32 Å². The van der Waals surface area contributed by atoms with Crippen molar-refractivity contribution in [2.24, 2.45) is 0 Å². The van der Waals surface area contributed by atoms with Crippen molar-refractivity contribution >= 4 is 0 Å². The van der Waals surface area contributed by atoms with Gasteiger partial charge in [-0.25, -0.2) is 0 Å². The second kappa shape index (κ2) is 9.81. The van der Waals surface area contributed by atoms with Crippen molar-refractivity contribution in [3.8, 4) is 0 Å². The molecule has 3 unspecified atom stereocenters. The number of ether oxygens (including phenoxy) is 1. The molecule has 0 amide bonds. The van der Waals surface area contributed by atoms with Crippen molar-refractivity contribution < 1.29 is 4.74 Å². The highest BCUT2D eigenvalue weighted by atomic mass is 16.5. The van der Waals surface area contributed by atoms with Crippen molar-refractivity contribution in [2.45, 2.75) is 89.8 Å². The maximum atomic E-state index is 6.23. The molecule has 2 aliphatic heterocycles. The van der Waals surface area contributed by atoms with Crippen molar-refractivity contribution in [3.63, 3.8) is 0 Å². The van der Waals surface area contributed by atoms with Gasteiger partial charge in [-0.1, -0.05) is 46.0 Å². The molecule has 2 saturated heterocycles. The van der Waals surface area contributed by atoms with Crippen LogP contribution in [0.4, 0.5) is 0 Å². The fourth-order valence-electron chi connectivity index (χ4n) is 3.80. The van der Waals surface area contributed by atoms with Crippen LogP contribution in [0, 0.1) is 0 Å². The number of fused-ring (bicyclic) bond motifs is 1. The van der Waals surface area contributed by atoms with Crippen LogP contribution >= 0.6 is 0 Å². The minimum absolute atomic E-state index is 0.414. The third-order valence-electron chi connectivity index (χ3n) is 5.14. The minimum atomic E-state index is 0.414. The maximum Gasteiger partial charge on any atom is 0.0855 e. The highest BCUT2D eigenvalue weighted by molar-refractivity contribution is 4.90. The van der Waals surface area contributed by atoms with Crippen molar-refractivity contribution in [2.75, 3.05) is 26.2 Å². The standard InChI is InChI=1S/C18H36N2O/c1-3-5-6-7-8-11-17(19-12-4-2)18-14-20-13-9-10-16(20)15-21-18/h16-19H,3-15H2,1-2H3. The third-order valence-corrected chi connectivity index (χ3v) is 5.14. The van der Waals surface area contributed by atoms with Gasteiger partial charge >= 0.3 is 0 Å². The first kappa shape index (κ1) is 17.2. The quantitative estimate of drug-likeness (QED) is 0.624. The van der Waals surface area contributed by atoms with E-state index in [4.69, 9.17) is 4.74 Å². The molecule has 0 aromatic rings. The normalized spacial score (nSPS) is 27.7. The molecule has 0 radical (unpaired) electrons. The maximum absolute atomic E-state index is 6.23. The van der Waals surface area contributed by atoms with Crippen LogP contribution in [0.5, 0.6) is 0 Å². The van der Waals surface area contributed by atoms with E-state index < -0.39 is 0 Å². The molecule has 3 heteroatoms. The fourth-order valence-corrected chi connectivity index (χ4v) is 3.80. The molecule has 0 aromatic heterocycles. The fraction of sp³-hybridized carbons (Fsp3) is 1.00. The average Bonchev–Trinajstić information content (AvgIpc) is 2.97. The Morgan fingerprint density at radius 3 is 2.81 bits per heavy atom. The van der Waals surface area contributed by atoms with Gasteiger partial charge in [-0.05, 0) is 38.8 Å². The van der Waals surface area contributed by atoms with E-state index in [0.29, 0.717) is 12.1 Å². The van der Waals surface area contributed by atoms with Gasteiger partial charge in [0.05, 0.1) is 12.7 Å². The smallest absolute Gasteiger partial charge is 0.0855 e. The lowest BCUT2D eigenvalue weighted by Crippen LogP contribution is -2.54. The largest absolute Gasteiger partial charge is 0.374 e. The molecule has 2 rings (SSSR count). The SMILES string of the molecule is CCCCCCCC(NCCC)C1CN2CCCC2CO1. The minimum Gasteiger partial charge on any atom is -0.374 e. The molecule has 3 atom stereocenters. The zero-order chi connectivity index (χ0) is 14.9. The molecule has 3 nitrogen and oxygen atoms in total. The number of morpholine rings is 1. The van der Waals surface area contributed by atoms with Gasteiger partial charge in [0, 0.05) is 18.6 Å². The highest BCUT2D eigenvalue weighted by Crippen LogP contribution is 2.25. The predicted octanol–water partition coefficient (Wildman–Crippen LogP) is 3.58. The summed E-state index contributed by atoms with van der Waals surface area (Å²) in [6.07, 6.45) is 12.5. The summed E-state index contributed by atoms with van der Waals surface area (Å²) in [6.45, 7) is 9.08. The van der Waals surface area contributed by atoms with Gasteiger partial charge < -0.3 is 10.1 Å². The van der Waals surface area contributed by atoms with Gasteiger partial charge in [0.15, 0.2) is 0 Å². The first-order valence-corrected chi connectivity index (χ1v) is 9.44. The monoisotopic (exact) mass is 296 g/mol. The number of nitrogens with one attached hydrogen (secondary N) is 1. The second-order valence-electron chi connectivity index (χ2n) is 6.93. The van der Waals surface area contributed by atoms with E-state index in [0.717, 1.165) is 25.7 Å². The molecular formula is C18H36N2O. The molecule has 2 aliphatic rings. The third kappa shape index (κ3) is 5.54. The number of rotatable bonds is 10. The lowest BCUT2D eigenvalue weighted by Gasteiger charge is -2.39. The summed E-state index contributed by atoms with van der Waals surface area (Å²) in [5, 5.41) is 3.76. The molecule has 0 aromatic carbocycles. The second-order valence-corrected chi connectivity index (χ2v) is 6.93. The Hall–Kier alpha value is -0.120. The first-order valence-electron chi connectivity index (χ1n) is 9.44. The van der Waals surface area contributed by atoms with Crippen LogP contribution in [0.15, 0.2) is 0 Å². The molecule has 0 bridgehead atoms. The lowest BCUT2D eigenvalue weighted by molar-refractivity contribution is -0.0658. The van der Waals surface area contributed by atoms with E-state index in [1.54, 1.807) is 0 Å². The Morgan fingerprint density at radius 1 is 1.14 bits per heavy atom. The zero-order valence-electron chi connectivity index (χ0n) is 14.3. The summed E-state index contributed by atoms with van der Waals surface area (Å²) in [4.78, 5) is 2.67. The van der Waals surface area contributed by atoms with E-state index in [1.807, 2.05) is 0 Å². The number of hydrogen-bond donors (Lipinski definition) is 1. The van der Waals surface area contributed by atoms with Crippen molar-refractivity contribution in [1.82, 2.24) is 10.2 Å². The molecular weight excluding hydrogens is 260 g/mol. The highest BCUT2D eigenvalue weighted by Gasteiger charge is 2.35. The number of unbranched alkanes of at least 4 members (excludes halogenated alkanes) is 4. The van der Waals surface area contributed by atoms with E-state index in [1.165, 1.54) is 64.3 Å². The average molecular weight is 296 g/mol. The molecule has 2 heterocycles. The molecule has 0 spiro atoms. The molecule has 124 valence electrons. The summed E-state index contributed by atoms with van der Waals surface area (Å²) in [5.41, 5.74) is 0. The lowest BCUT2D eigenvalue weighted by atomic mass is 10.00. The van der Waals surface area contributed by atoms with Crippen molar-refractivity contribution in [3.05, 3.63) is 0 Å². The van der Waals surface area contributed by atoms with Gasteiger partial charge in [0.1, 0.15) is 0 Å². The molecule has 1 N–H and O–H groups in total. The summed E-state index contributed by atoms with van der Waals surface area (Å²) < 4.78 is 6.23. The van der Waals surface area contributed by atoms with Crippen molar-refractivity contribution in [1.29, 1.82) is 0 Å². The first-order chi connectivity index (χ1) is 10.3. The van der Waals surface area contributed by atoms with E-state index in [9.17, 15) is 0 Å². The van der Waals surface area contributed by atoms with Gasteiger partial charge in [-0.2, -0.15) is 0 Å². The van der Waals surface area contributed by atoms with Crippen LogP contribution in [-0.2, 0) is 4.74 Å². The van der Waals surface area contributed by atoms with Crippen LogP contribution in [0.3, 0.4) is 0 Å². The number of hydrogen-bond acceptors (Lipinski definition) is 3. The predicted molar refractivity (Wildman–Crippen MR) is 89.8 cm³/mol. The molecule has 21 heavy (non-hydrogen) atoms.